The van der Waals surface area contributed by atoms with E-state index in [1.54, 1.807) is 0 Å². The van der Waals surface area contributed by atoms with Gasteiger partial charge in [-0.3, -0.25) is 0 Å². The molecule has 0 rings (SSSR count). The van der Waals surface area contributed by atoms with Crippen molar-refractivity contribution < 1.29 is 0 Å². The van der Waals surface area contributed by atoms with Crippen LogP contribution in [0.4, 0.5) is 0 Å². The summed E-state index contributed by atoms with van der Waals surface area (Å²) in [5.74, 6) is 0. The van der Waals surface area contributed by atoms with Gasteiger partial charge in [0.15, 0.2) is 0 Å². The minimum atomic E-state index is -1.15. The van der Waals surface area contributed by atoms with Crippen LogP contribution in [0.3, 0.4) is 0 Å². The van der Waals surface area contributed by atoms with Gasteiger partial charge in [-0.2, -0.15) is 0 Å². The van der Waals surface area contributed by atoms with E-state index < -0.39 is 8.07 Å². The molecule has 0 spiro atoms. The molecule has 0 aliphatic heterocycles. The van der Waals surface area contributed by atoms with E-state index in [2.05, 4.69) is 65.3 Å². The molecule has 92 valence electrons. The highest BCUT2D eigenvalue weighted by molar-refractivity contribution is 6.77. The van der Waals surface area contributed by atoms with Gasteiger partial charge in [0, 0.05) is 11.1 Å². The van der Waals surface area contributed by atoms with Crippen LogP contribution in [-0.4, -0.2) is 31.5 Å². The van der Waals surface area contributed by atoms with Gasteiger partial charge in [-0.1, -0.05) is 13.1 Å². The van der Waals surface area contributed by atoms with Crippen LogP contribution >= 0.6 is 0 Å². The number of rotatable bonds is 4. The lowest BCUT2D eigenvalue weighted by molar-refractivity contribution is 0.442. The van der Waals surface area contributed by atoms with E-state index in [1.165, 1.54) is 12.3 Å². The van der Waals surface area contributed by atoms with E-state index in [0.29, 0.717) is 0 Å². The van der Waals surface area contributed by atoms with Crippen molar-refractivity contribution in [2.24, 2.45) is 0 Å². The van der Waals surface area contributed by atoms with Crippen molar-refractivity contribution >= 4 is 8.07 Å². The van der Waals surface area contributed by atoms with Crippen molar-refractivity contribution in [2.75, 3.05) is 12.3 Å². The SMILES string of the molecule is CC(C)(C)NC[Si](C)(C)CNC(C)(C)C. The molecule has 0 saturated heterocycles. The maximum atomic E-state index is 3.62. The molecule has 0 heterocycles. The van der Waals surface area contributed by atoms with E-state index in [0.717, 1.165) is 0 Å². The summed E-state index contributed by atoms with van der Waals surface area (Å²) in [6.45, 7) is 18.3. The lowest BCUT2D eigenvalue weighted by Crippen LogP contribution is -2.55. The molecule has 0 amide bonds. The normalized spacial score (nSPS) is 14.4. The molecule has 0 aromatic heterocycles. The van der Waals surface area contributed by atoms with Crippen molar-refractivity contribution in [3.8, 4) is 0 Å². The van der Waals surface area contributed by atoms with Crippen LogP contribution in [0.1, 0.15) is 41.5 Å². The smallest absolute Gasteiger partial charge is 0.0773 e. The van der Waals surface area contributed by atoms with Gasteiger partial charge >= 0.3 is 0 Å². The summed E-state index contributed by atoms with van der Waals surface area (Å²) < 4.78 is 0. The zero-order valence-corrected chi connectivity index (χ0v) is 12.9. The molecular weight excluding hydrogens is 200 g/mol. The maximum Gasteiger partial charge on any atom is 0.0773 e. The van der Waals surface area contributed by atoms with Crippen LogP contribution < -0.4 is 10.6 Å². The zero-order chi connectivity index (χ0) is 12.3. The number of nitrogens with one attached hydrogen (secondary N) is 2. The summed E-state index contributed by atoms with van der Waals surface area (Å²) >= 11 is 0. The fraction of sp³-hybridized carbons (Fsp3) is 1.00. The second-order valence-electron chi connectivity index (χ2n) is 7.37. The van der Waals surface area contributed by atoms with Crippen LogP contribution in [-0.2, 0) is 0 Å². The van der Waals surface area contributed by atoms with Gasteiger partial charge in [-0.25, -0.2) is 0 Å². The highest BCUT2D eigenvalue weighted by Crippen LogP contribution is 2.06. The predicted molar refractivity (Wildman–Crippen MR) is 73.0 cm³/mol. The first-order valence-electron chi connectivity index (χ1n) is 5.91. The summed E-state index contributed by atoms with van der Waals surface area (Å²) in [7, 11) is -1.15. The van der Waals surface area contributed by atoms with Gasteiger partial charge in [0.05, 0.1) is 8.07 Å². The standard InChI is InChI=1S/C12H30N2Si/c1-11(2,3)13-9-15(7,8)10-14-12(4,5)6/h13-14H,9-10H2,1-8H3. The summed E-state index contributed by atoms with van der Waals surface area (Å²) in [5, 5.41) is 7.24. The summed E-state index contributed by atoms with van der Waals surface area (Å²) in [5.41, 5.74) is 0.484. The Balaban J connectivity index is 3.98. The van der Waals surface area contributed by atoms with Gasteiger partial charge in [-0.05, 0) is 53.9 Å². The van der Waals surface area contributed by atoms with Gasteiger partial charge < -0.3 is 10.6 Å². The van der Waals surface area contributed by atoms with E-state index in [9.17, 15) is 0 Å². The zero-order valence-electron chi connectivity index (χ0n) is 11.9. The molecular formula is C12H30N2Si. The van der Waals surface area contributed by atoms with Gasteiger partial charge in [0.25, 0.3) is 0 Å². The van der Waals surface area contributed by atoms with Crippen LogP contribution in [0.2, 0.25) is 13.1 Å². The van der Waals surface area contributed by atoms with Crippen molar-refractivity contribution in [3.05, 3.63) is 0 Å². The summed E-state index contributed by atoms with van der Waals surface area (Å²) in [6.07, 6.45) is 2.36. The summed E-state index contributed by atoms with van der Waals surface area (Å²) in [6, 6.07) is 0. The van der Waals surface area contributed by atoms with Crippen LogP contribution in [0, 0.1) is 0 Å². The van der Waals surface area contributed by atoms with Crippen LogP contribution in [0.5, 0.6) is 0 Å². The Bertz CT molecular complexity index is 167. The lowest BCUT2D eigenvalue weighted by atomic mass is 10.1. The topological polar surface area (TPSA) is 24.1 Å². The molecule has 0 unspecified atom stereocenters. The fourth-order valence-corrected chi connectivity index (χ4v) is 3.21. The molecule has 0 aliphatic rings. The predicted octanol–water partition coefficient (Wildman–Crippen LogP) is 2.55. The van der Waals surface area contributed by atoms with E-state index >= 15 is 0 Å². The Morgan fingerprint density at radius 2 is 1.00 bits per heavy atom. The third-order valence-corrected chi connectivity index (χ3v) is 4.46. The highest BCUT2D eigenvalue weighted by Gasteiger charge is 2.24. The molecule has 0 bridgehead atoms. The number of hydrogen-bond donors (Lipinski definition) is 2. The second-order valence-corrected chi connectivity index (χ2v) is 12.4. The minimum Gasteiger partial charge on any atom is -0.315 e. The molecule has 0 aliphatic carbocycles. The highest BCUT2D eigenvalue weighted by atomic mass is 28.3. The van der Waals surface area contributed by atoms with Crippen molar-refractivity contribution in [1.82, 2.24) is 10.6 Å². The van der Waals surface area contributed by atoms with Crippen LogP contribution in [0.15, 0.2) is 0 Å². The molecule has 0 fully saturated rings. The molecule has 0 saturated carbocycles. The van der Waals surface area contributed by atoms with E-state index in [-0.39, 0.29) is 11.1 Å². The molecule has 2 N–H and O–H groups in total. The molecule has 15 heavy (non-hydrogen) atoms. The Labute approximate surface area is 97.2 Å². The summed E-state index contributed by atoms with van der Waals surface area (Å²) in [4.78, 5) is 0. The Hall–Kier alpha value is 0.137. The Morgan fingerprint density at radius 3 is 1.20 bits per heavy atom. The molecule has 2 nitrogen and oxygen atoms in total. The van der Waals surface area contributed by atoms with Gasteiger partial charge in [0.1, 0.15) is 0 Å². The number of hydrogen-bond acceptors (Lipinski definition) is 2. The third-order valence-electron chi connectivity index (χ3n) is 2.19. The molecule has 0 radical (unpaired) electrons. The first-order chi connectivity index (χ1) is 6.41. The first-order valence-corrected chi connectivity index (χ1v) is 9.33. The van der Waals surface area contributed by atoms with Crippen LogP contribution in [0.25, 0.3) is 0 Å². The van der Waals surface area contributed by atoms with Gasteiger partial charge in [-0.15, -0.1) is 0 Å². The molecule has 0 atom stereocenters. The average Bonchev–Trinajstić information content (AvgIpc) is 1.96. The molecule has 3 heteroatoms. The fourth-order valence-electron chi connectivity index (χ4n) is 1.07. The van der Waals surface area contributed by atoms with Crippen molar-refractivity contribution in [1.29, 1.82) is 0 Å². The third kappa shape index (κ3) is 10.4. The molecule has 0 aromatic rings. The maximum absolute atomic E-state index is 3.62. The average molecular weight is 230 g/mol. The Kier molecular flexibility index (Phi) is 5.02. The molecule has 0 aromatic carbocycles. The van der Waals surface area contributed by atoms with E-state index in [4.69, 9.17) is 0 Å². The van der Waals surface area contributed by atoms with Crippen molar-refractivity contribution in [3.63, 3.8) is 0 Å². The Morgan fingerprint density at radius 1 is 0.733 bits per heavy atom. The monoisotopic (exact) mass is 230 g/mol. The largest absolute Gasteiger partial charge is 0.315 e. The minimum absolute atomic E-state index is 0.242. The first kappa shape index (κ1) is 15.1. The van der Waals surface area contributed by atoms with Crippen molar-refractivity contribution in [2.45, 2.75) is 65.7 Å². The second kappa shape index (κ2) is 4.98. The van der Waals surface area contributed by atoms with Gasteiger partial charge in [0.2, 0.25) is 0 Å². The lowest BCUT2D eigenvalue weighted by Gasteiger charge is -2.32. The van der Waals surface area contributed by atoms with E-state index in [1.807, 2.05) is 0 Å². The quantitative estimate of drug-likeness (QED) is 0.725.